The third kappa shape index (κ3) is 4.40. The van der Waals surface area contributed by atoms with E-state index >= 15 is 0 Å². The van der Waals surface area contributed by atoms with E-state index < -0.39 is 0 Å². The van der Waals surface area contributed by atoms with Crippen molar-refractivity contribution in [2.24, 2.45) is 10.8 Å². The highest BCUT2D eigenvalue weighted by atomic mass is 32.1. The first-order valence-electron chi connectivity index (χ1n) is 5.65. The molecular weight excluding hydrogens is 258 g/mol. The summed E-state index contributed by atoms with van der Waals surface area (Å²) in [6.45, 7) is 0. The van der Waals surface area contributed by atoms with Gasteiger partial charge in [-0.3, -0.25) is 5.43 Å². The number of thiocarbonyl (C=S) groups is 1. The van der Waals surface area contributed by atoms with E-state index in [-0.39, 0.29) is 5.11 Å². The fraction of sp³-hybridized carbons (Fsp3) is 0. The molecule has 2 aromatic carbocycles. The molecule has 19 heavy (non-hydrogen) atoms. The van der Waals surface area contributed by atoms with E-state index in [9.17, 15) is 0 Å². The number of hydrazone groups is 1. The summed E-state index contributed by atoms with van der Waals surface area (Å²) in [6.07, 6.45) is 1.62. The Bertz CT molecular complexity index is 584. The van der Waals surface area contributed by atoms with Gasteiger partial charge in [0.2, 0.25) is 0 Å². The Hall–Kier alpha value is -2.40. The fourth-order valence-corrected chi connectivity index (χ4v) is 1.51. The van der Waals surface area contributed by atoms with Crippen LogP contribution in [0.2, 0.25) is 0 Å². The lowest BCUT2D eigenvalue weighted by molar-refractivity contribution is 0.482. The van der Waals surface area contributed by atoms with E-state index in [0.29, 0.717) is 0 Å². The standard InChI is InChI=1S/C14H13N3OS/c15-14(19)17-16-10-11-5-4-8-13(9-11)18-12-6-2-1-3-7-12/h1-10H,(H3,15,17,19). The van der Waals surface area contributed by atoms with Crippen LogP contribution >= 0.6 is 12.2 Å². The molecule has 2 rings (SSSR count). The summed E-state index contributed by atoms with van der Waals surface area (Å²) in [5.41, 5.74) is 8.66. The number of nitrogens with two attached hydrogens (primary N) is 1. The molecule has 0 bridgehead atoms. The first-order valence-corrected chi connectivity index (χ1v) is 6.06. The number of nitrogens with zero attached hydrogens (tertiary/aromatic N) is 1. The maximum Gasteiger partial charge on any atom is 0.184 e. The summed E-state index contributed by atoms with van der Waals surface area (Å²) >= 11 is 4.65. The molecule has 0 aliphatic carbocycles. The van der Waals surface area contributed by atoms with Crippen molar-refractivity contribution in [1.82, 2.24) is 5.43 Å². The summed E-state index contributed by atoms with van der Waals surface area (Å²) in [4.78, 5) is 0. The van der Waals surface area contributed by atoms with E-state index in [1.807, 2.05) is 54.6 Å². The Labute approximate surface area is 116 Å². The SMILES string of the molecule is NC(=S)NN=Cc1cccc(Oc2ccccc2)c1. The Morgan fingerprint density at radius 3 is 2.58 bits per heavy atom. The number of nitrogens with one attached hydrogen (secondary N) is 1. The molecule has 0 radical (unpaired) electrons. The average molecular weight is 271 g/mol. The van der Waals surface area contributed by atoms with Crippen molar-refractivity contribution >= 4 is 23.5 Å². The Kier molecular flexibility index (Phi) is 4.47. The predicted octanol–water partition coefficient (Wildman–Crippen LogP) is 2.65. The van der Waals surface area contributed by atoms with Gasteiger partial charge in [0.15, 0.2) is 5.11 Å². The zero-order chi connectivity index (χ0) is 13.5. The molecule has 4 nitrogen and oxygen atoms in total. The molecule has 0 fully saturated rings. The second-order valence-electron chi connectivity index (χ2n) is 3.72. The molecule has 0 aliphatic rings. The van der Waals surface area contributed by atoms with Crippen LogP contribution in [0, 0.1) is 0 Å². The first kappa shape index (κ1) is 13.0. The summed E-state index contributed by atoms with van der Waals surface area (Å²) in [5.74, 6) is 1.53. The van der Waals surface area contributed by atoms with Crippen LogP contribution < -0.4 is 15.9 Å². The lowest BCUT2D eigenvalue weighted by Crippen LogP contribution is -2.23. The largest absolute Gasteiger partial charge is 0.457 e. The summed E-state index contributed by atoms with van der Waals surface area (Å²) in [6, 6.07) is 17.1. The van der Waals surface area contributed by atoms with Crippen LogP contribution in [0.15, 0.2) is 59.7 Å². The molecule has 3 N–H and O–H groups in total. The molecule has 0 spiro atoms. The Morgan fingerprint density at radius 1 is 1.11 bits per heavy atom. The van der Waals surface area contributed by atoms with Crippen LogP contribution in [0.25, 0.3) is 0 Å². The highest BCUT2D eigenvalue weighted by Crippen LogP contribution is 2.21. The van der Waals surface area contributed by atoms with Gasteiger partial charge in [-0.25, -0.2) is 0 Å². The number of hydrogen-bond acceptors (Lipinski definition) is 3. The van der Waals surface area contributed by atoms with Gasteiger partial charge in [0.05, 0.1) is 6.21 Å². The molecule has 0 heterocycles. The van der Waals surface area contributed by atoms with Crippen molar-refractivity contribution in [2.45, 2.75) is 0 Å². The van der Waals surface area contributed by atoms with Crippen molar-refractivity contribution in [1.29, 1.82) is 0 Å². The average Bonchev–Trinajstić information content (AvgIpc) is 2.40. The number of para-hydroxylation sites is 1. The van der Waals surface area contributed by atoms with Gasteiger partial charge < -0.3 is 10.5 Å². The predicted molar refractivity (Wildman–Crippen MR) is 80.5 cm³/mol. The van der Waals surface area contributed by atoms with E-state index in [1.54, 1.807) is 6.21 Å². The molecule has 0 saturated heterocycles. The van der Waals surface area contributed by atoms with Crippen LogP contribution in [0.1, 0.15) is 5.56 Å². The van der Waals surface area contributed by atoms with E-state index in [1.165, 1.54) is 0 Å². The minimum atomic E-state index is 0.132. The van der Waals surface area contributed by atoms with Crippen LogP contribution in [0.4, 0.5) is 0 Å². The zero-order valence-electron chi connectivity index (χ0n) is 10.1. The van der Waals surface area contributed by atoms with Gasteiger partial charge in [0, 0.05) is 0 Å². The molecular formula is C14H13N3OS. The van der Waals surface area contributed by atoms with Gasteiger partial charge in [-0.2, -0.15) is 5.10 Å². The molecule has 5 heteroatoms. The van der Waals surface area contributed by atoms with Crippen molar-refractivity contribution in [3.8, 4) is 11.5 Å². The third-order valence-corrected chi connectivity index (χ3v) is 2.32. The minimum Gasteiger partial charge on any atom is -0.457 e. The molecule has 0 amide bonds. The normalized spacial score (nSPS) is 10.3. The topological polar surface area (TPSA) is 59.6 Å². The third-order valence-electron chi connectivity index (χ3n) is 2.23. The quantitative estimate of drug-likeness (QED) is 0.510. The van der Waals surface area contributed by atoms with Gasteiger partial charge in [-0.1, -0.05) is 30.3 Å². The number of rotatable bonds is 4. The zero-order valence-corrected chi connectivity index (χ0v) is 10.9. The van der Waals surface area contributed by atoms with Gasteiger partial charge in [0.25, 0.3) is 0 Å². The summed E-state index contributed by atoms with van der Waals surface area (Å²) in [7, 11) is 0. The van der Waals surface area contributed by atoms with E-state index in [0.717, 1.165) is 17.1 Å². The molecule has 0 saturated carbocycles. The number of benzene rings is 2. The van der Waals surface area contributed by atoms with Gasteiger partial charge in [0.1, 0.15) is 11.5 Å². The maximum absolute atomic E-state index is 5.71. The smallest absolute Gasteiger partial charge is 0.184 e. The highest BCUT2D eigenvalue weighted by Gasteiger charge is 1.97. The van der Waals surface area contributed by atoms with Gasteiger partial charge in [-0.05, 0) is 42.0 Å². The van der Waals surface area contributed by atoms with E-state index in [2.05, 4.69) is 22.7 Å². The second kappa shape index (κ2) is 6.51. The highest BCUT2D eigenvalue weighted by molar-refractivity contribution is 7.80. The lowest BCUT2D eigenvalue weighted by Gasteiger charge is -2.05. The Morgan fingerprint density at radius 2 is 1.84 bits per heavy atom. The summed E-state index contributed by atoms with van der Waals surface area (Å²) < 4.78 is 5.71. The number of ether oxygens (including phenoxy) is 1. The van der Waals surface area contributed by atoms with Crippen LogP contribution in [0.5, 0.6) is 11.5 Å². The van der Waals surface area contributed by atoms with Crippen LogP contribution in [-0.4, -0.2) is 11.3 Å². The molecule has 2 aromatic rings. The van der Waals surface area contributed by atoms with Crippen molar-refractivity contribution in [3.05, 3.63) is 60.2 Å². The second-order valence-corrected chi connectivity index (χ2v) is 4.16. The monoisotopic (exact) mass is 271 g/mol. The summed E-state index contributed by atoms with van der Waals surface area (Å²) in [5, 5.41) is 4.02. The van der Waals surface area contributed by atoms with E-state index in [4.69, 9.17) is 10.5 Å². The van der Waals surface area contributed by atoms with Crippen LogP contribution in [-0.2, 0) is 0 Å². The molecule has 96 valence electrons. The van der Waals surface area contributed by atoms with Gasteiger partial charge in [-0.15, -0.1) is 0 Å². The molecule has 0 aliphatic heterocycles. The maximum atomic E-state index is 5.71. The van der Waals surface area contributed by atoms with Crippen molar-refractivity contribution in [2.75, 3.05) is 0 Å². The molecule has 0 atom stereocenters. The van der Waals surface area contributed by atoms with Crippen molar-refractivity contribution < 1.29 is 4.74 Å². The number of hydrogen-bond donors (Lipinski definition) is 2. The first-order chi connectivity index (χ1) is 9.24. The minimum absolute atomic E-state index is 0.132. The van der Waals surface area contributed by atoms with Crippen molar-refractivity contribution in [3.63, 3.8) is 0 Å². The van der Waals surface area contributed by atoms with Crippen LogP contribution in [0.3, 0.4) is 0 Å². The molecule has 0 aromatic heterocycles. The fourth-order valence-electron chi connectivity index (χ4n) is 1.45. The lowest BCUT2D eigenvalue weighted by atomic mass is 10.2. The Balaban J connectivity index is 2.07. The van der Waals surface area contributed by atoms with Gasteiger partial charge >= 0.3 is 0 Å². The molecule has 0 unspecified atom stereocenters.